The second kappa shape index (κ2) is 10.1. The van der Waals surface area contributed by atoms with Gasteiger partial charge in [0.2, 0.25) is 0 Å². The van der Waals surface area contributed by atoms with Crippen LogP contribution in [0.2, 0.25) is 5.02 Å². The molecular formula is C27H35Cl2N3. The summed E-state index contributed by atoms with van der Waals surface area (Å²) in [6.07, 6.45) is 11.8. The van der Waals surface area contributed by atoms with Crippen LogP contribution in [0, 0.1) is 25.7 Å². The number of aromatic nitrogens is 2. The van der Waals surface area contributed by atoms with Gasteiger partial charge in [0, 0.05) is 41.9 Å². The smallest absolute Gasteiger partial charge is 0.153 e. The quantitative estimate of drug-likeness (QED) is 0.390. The predicted molar refractivity (Wildman–Crippen MR) is 139 cm³/mol. The summed E-state index contributed by atoms with van der Waals surface area (Å²) in [5.74, 6) is 2.93. The minimum absolute atomic E-state index is 0. The summed E-state index contributed by atoms with van der Waals surface area (Å²) in [6.45, 7) is 7.64. The highest BCUT2D eigenvalue weighted by atomic mass is 35.5. The third kappa shape index (κ3) is 4.52. The summed E-state index contributed by atoms with van der Waals surface area (Å²) in [5.41, 5.74) is 5.28. The van der Waals surface area contributed by atoms with E-state index in [1.807, 2.05) is 18.3 Å². The molecule has 0 spiro atoms. The van der Waals surface area contributed by atoms with Gasteiger partial charge >= 0.3 is 0 Å². The molecule has 0 amide bonds. The van der Waals surface area contributed by atoms with Crippen LogP contribution in [0.15, 0.2) is 36.5 Å². The van der Waals surface area contributed by atoms with E-state index in [-0.39, 0.29) is 12.4 Å². The molecule has 32 heavy (non-hydrogen) atoms. The van der Waals surface area contributed by atoms with Crippen molar-refractivity contribution in [3.63, 3.8) is 0 Å². The van der Waals surface area contributed by atoms with E-state index in [4.69, 9.17) is 16.6 Å². The van der Waals surface area contributed by atoms with E-state index in [2.05, 4.69) is 41.5 Å². The number of hydrogen-bond donors (Lipinski definition) is 0. The first-order chi connectivity index (χ1) is 15.1. The molecule has 1 aromatic carbocycles. The minimum Gasteiger partial charge on any atom is -0.355 e. The summed E-state index contributed by atoms with van der Waals surface area (Å²) in [5, 5.41) is 2.13. The molecule has 0 bridgehead atoms. The molecule has 1 saturated heterocycles. The van der Waals surface area contributed by atoms with Crippen molar-refractivity contribution in [2.45, 2.75) is 65.3 Å². The van der Waals surface area contributed by atoms with E-state index in [1.165, 1.54) is 85.0 Å². The zero-order chi connectivity index (χ0) is 21.4. The van der Waals surface area contributed by atoms with Gasteiger partial charge in [0.05, 0.1) is 5.52 Å². The fourth-order valence-corrected chi connectivity index (χ4v) is 6.10. The van der Waals surface area contributed by atoms with Gasteiger partial charge in [-0.15, -0.1) is 12.4 Å². The Kier molecular flexibility index (Phi) is 7.37. The van der Waals surface area contributed by atoms with E-state index in [9.17, 15) is 0 Å². The number of aryl methyl sites for hydroxylation is 1. The van der Waals surface area contributed by atoms with Crippen LogP contribution < -0.4 is 4.90 Å². The van der Waals surface area contributed by atoms with E-state index >= 15 is 0 Å². The van der Waals surface area contributed by atoms with Gasteiger partial charge in [0.25, 0.3) is 0 Å². The molecule has 1 unspecified atom stereocenters. The molecule has 3 nitrogen and oxygen atoms in total. The largest absolute Gasteiger partial charge is 0.355 e. The summed E-state index contributed by atoms with van der Waals surface area (Å²) in [7, 11) is 0. The van der Waals surface area contributed by atoms with Crippen LogP contribution in [-0.4, -0.2) is 22.6 Å². The summed E-state index contributed by atoms with van der Waals surface area (Å²) < 4.78 is 2.47. The summed E-state index contributed by atoms with van der Waals surface area (Å²) in [6, 6.07) is 10.5. The van der Waals surface area contributed by atoms with Gasteiger partial charge in [-0.1, -0.05) is 55.8 Å². The van der Waals surface area contributed by atoms with Crippen molar-refractivity contribution in [2.24, 2.45) is 11.8 Å². The van der Waals surface area contributed by atoms with E-state index in [1.54, 1.807) is 0 Å². The molecule has 0 N–H and O–H groups in total. The van der Waals surface area contributed by atoms with Crippen LogP contribution in [0.5, 0.6) is 0 Å². The van der Waals surface area contributed by atoms with Crippen LogP contribution in [0.25, 0.3) is 10.9 Å². The third-order valence-electron chi connectivity index (χ3n) is 7.85. The van der Waals surface area contributed by atoms with E-state index in [0.717, 1.165) is 29.9 Å². The van der Waals surface area contributed by atoms with Gasteiger partial charge in [-0.2, -0.15) is 0 Å². The van der Waals surface area contributed by atoms with Crippen LogP contribution in [0.1, 0.15) is 61.8 Å². The molecule has 1 aliphatic heterocycles. The summed E-state index contributed by atoms with van der Waals surface area (Å²) >= 11 is 6.13. The SMILES string of the molecule is Cc1c(C)n(Cc2ccc(Cl)cc2)c2c(N3CCCC(C4CCCCC4)C3)nccc12.Cl. The van der Waals surface area contributed by atoms with Crippen LogP contribution >= 0.6 is 24.0 Å². The Morgan fingerprint density at radius 1 is 0.938 bits per heavy atom. The first-order valence-corrected chi connectivity index (χ1v) is 12.4. The van der Waals surface area contributed by atoms with Crippen molar-refractivity contribution < 1.29 is 0 Å². The Morgan fingerprint density at radius 3 is 2.41 bits per heavy atom. The molecule has 3 heterocycles. The van der Waals surface area contributed by atoms with Gasteiger partial charge in [-0.05, 0) is 67.9 Å². The van der Waals surface area contributed by atoms with Crippen LogP contribution in [0.3, 0.4) is 0 Å². The van der Waals surface area contributed by atoms with Crippen molar-refractivity contribution in [2.75, 3.05) is 18.0 Å². The second-order valence-electron chi connectivity index (χ2n) is 9.70. The number of piperidine rings is 1. The molecule has 2 aromatic heterocycles. The lowest BCUT2D eigenvalue weighted by molar-refractivity contribution is 0.220. The highest BCUT2D eigenvalue weighted by Gasteiger charge is 2.30. The average molecular weight is 473 g/mol. The zero-order valence-electron chi connectivity index (χ0n) is 19.3. The van der Waals surface area contributed by atoms with Gasteiger partial charge in [0.15, 0.2) is 5.82 Å². The molecule has 5 rings (SSSR count). The zero-order valence-corrected chi connectivity index (χ0v) is 20.9. The topological polar surface area (TPSA) is 21.1 Å². The molecule has 1 saturated carbocycles. The average Bonchev–Trinajstić information content (AvgIpc) is 3.06. The number of hydrogen-bond acceptors (Lipinski definition) is 2. The maximum atomic E-state index is 6.13. The lowest BCUT2D eigenvalue weighted by Gasteiger charge is -2.39. The van der Waals surface area contributed by atoms with Crippen molar-refractivity contribution in [1.29, 1.82) is 0 Å². The van der Waals surface area contributed by atoms with Gasteiger partial charge in [-0.3, -0.25) is 0 Å². The molecule has 172 valence electrons. The fourth-order valence-electron chi connectivity index (χ4n) is 5.97. The van der Waals surface area contributed by atoms with Crippen molar-refractivity contribution in [3.8, 4) is 0 Å². The number of benzene rings is 1. The monoisotopic (exact) mass is 471 g/mol. The second-order valence-corrected chi connectivity index (χ2v) is 10.1. The normalized spacial score (nSPS) is 19.8. The number of anilines is 1. The predicted octanol–water partition coefficient (Wildman–Crippen LogP) is 7.57. The Hall–Kier alpha value is -1.71. The molecular weight excluding hydrogens is 437 g/mol. The lowest BCUT2D eigenvalue weighted by atomic mass is 9.76. The maximum absolute atomic E-state index is 6.13. The fraction of sp³-hybridized carbons (Fsp3) is 0.519. The van der Waals surface area contributed by atoms with Crippen LogP contribution in [-0.2, 0) is 6.54 Å². The third-order valence-corrected chi connectivity index (χ3v) is 8.11. The van der Waals surface area contributed by atoms with Crippen molar-refractivity contribution in [3.05, 3.63) is 58.4 Å². The van der Waals surface area contributed by atoms with E-state index < -0.39 is 0 Å². The Balaban J connectivity index is 0.00000245. The maximum Gasteiger partial charge on any atom is 0.153 e. The molecule has 1 aliphatic carbocycles. The number of halogens is 2. The molecule has 2 fully saturated rings. The number of nitrogens with zero attached hydrogens (tertiary/aromatic N) is 3. The van der Waals surface area contributed by atoms with E-state index in [0.29, 0.717) is 0 Å². The molecule has 5 heteroatoms. The van der Waals surface area contributed by atoms with Crippen molar-refractivity contribution in [1.82, 2.24) is 9.55 Å². The van der Waals surface area contributed by atoms with Gasteiger partial charge < -0.3 is 9.47 Å². The Bertz CT molecular complexity index is 1050. The first kappa shape index (κ1) is 23.4. The highest BCUT2D eigenvalue weighted by molar-refractivity contribution is 6.30. The standard InChI is InChI=1S/C27H34ClN3.ClH/c1-19-20(2)31(17-21-10-12-24(28)13-11-21)26-25(19)14-15-29-27(26)30-16-6-9-23(18-30)22-7-4-3-5-8-22;/h10-15,22-23H,3-9,16-18H2,1-2H3;1H. The minimum atomic E-state index is 0. The van der Waals surface area contributed by atoms with Gasteiger partial charge in [0.1, 0.15) is 0 Å². The number of rotatable bonds is 4. The molecule has 2 aliphatic rings. The Morgan fingerprint density at radius 2 is 1.66 bits per heavy atom. The molecule has 1 atom stereocenters. The lowest BCUT2D eigenvalue weighted by Crippen LogP contribution is -2.39. The summed E-state index contributed by atoms with van der Waals surface area (Å²) in [4.78, 5) is 7.56. The van der Waals surface area contributed by atoms with Gasteiger partial charge in [-0.25, -0.2) is 4.98 Å². The molecule has 3 aromatic rings. The Labute approximate surface area is 203 Å². The first-order valence-electron chi connectivity index (χ1n) is 12.1. The highest BCUT2D eigenvalue weighted by Crippen LogP contribution is 2.38. The molecule has 0 radical (unpaired) electrons. The number of pyridine rings is 1. The van der Waals surface area contributed by atoms with Crippen LogP contribution in [0.4, 0.5) is 5.82 Å². The number of fused-ring (bicyclic) bond motifs is 1. The van der Waals surface area contributed by atoms with Crippen molar-refractivity contribution >= 4 is 40.7 Å².